The normalized spacial score (nSPS) is 14.0. The number of nitrogens with one attached hydrogen (secondary N) is 2. The molecule has 0 aliphatic heterocycles. The van der Waals surface area contributed by atoms with Gasteiger partial charge in [-0.15, -0.1) is 0 Å². The first-order valence-corrected chi connectivity index (χ1v) is 8.54. The predicted octanol–water partition coefficient (Wildman–Crippen LogP) is 2.68. The summed E-state index contributed by atoms with van der Waals surface area (Å²) in [4.78, 5) is 24.0. The van der Waals surface area contributed by atoms with E-state index in [2.05, 4.69) is 16.7 Å². The molecule has 0 aromatic heterocycles. The molecule has 0 unspecified atom stereocenters. The highest BCUT2D eigenvalue weighted by molar-refractivity contribution is 5.97. The smallest absolute Gasteiger partial charge is 0.251 e. The molecular weight excluding hydrogens is 304 g/mol. The number of rotatable bonds is 8. The van der Waals surface area contributed by atoms with E-state index in [1.54, 1.807) is 31.4 Å². The predicted molar refractivity (Wildman–Crippen MR) is 94.2 cm³/mol. The van der Waals surface area contributed by atoms with E-state index in [9.17, 15) is 9.59 Å². The van der Waals surface area contributed by atoms with Gasteiger partial charge in [0.15, 0.2) is 0 Å². The maximum absolute atomic E-state index is 12.1. The molecule has 0 heterocycles. The summed E-state index contributed by atoms with van der Waals surface area (Å²) in [6.45, 7) is 1.60. The van der Waals surface area contributed by atoms with Crippen molar-refractivity contribution in [3.63, 3.8) is 0 Å². The molecule has 1 aromatic rings. The van der Waals surface area contributed by atoms with E-state index < -0.39 is 0 Å². The number of ether oxygens (including phenoxy) is 1. The third-order valence-corrected chi connectivity index (χ3v) is 4.12. The molecule has 0 saturated carbocycles. The van der Waals surface area contributed by atoms with Crippen molar-refractivity contribution in [3.8, 4) is 0 Å². The van der Waals surface area contributed by atoms with Crippen LogP contribution in [0.3, 0.4) is 0 Å². The van der Waals surface area contributed by atoms with E-state index in [-0.39, 0.29) is 11.8 Å². The van der Waals surface area contributed by atoms with Crippen molar-refractivity contribution in [2.75, 3.05) is 26.8 Å². The van der Waals surface area contributed by atoms with E-state index in [0.717, 1.165) is 19.3 Å². The standard InChI is InChI=1S/C19H26N2O3/c1-24-14-13-21-19(23)17-9-7-16(8-10-17)18(22)20-12-11-15-5-3-2-4-6-15/h5,7-10H,2-4,6,11-14H2,1H3,(H,20,22)(H,21,23). The van der Waals surface area contributed by atoms with Gasteiger partial charge in [-0.25, -0.2) is 0 Å². The number of hydrogen-bond acceptors (Lipinski definition) is 3. The van der Waals surface area contributed by atoms with Gasteiger partial charge < -0.3 is 15.4 Å². The van der Waals surface area contributed by atoms with Gasteiger partial charge in [0.2, 0.25) is 0 Å². The van der Waals surface area contributed by atoms with Gasteiger partial charge >= 0.3 is 0 Å². The molecule has 0 bridgehead atoms. The number of amides is 2. The highest BCUT2D eigenvalue weighted by atomic mass is 16.5. The van der Waals surface area contributed by atoms with Gasteiger partial charge in [-0.1, -0.05) is 11.6 Å². The number of methoxy groups -OCH3 is 1. The molecule has 2 N–H and O–H groups in total. The number of carbonyl (C=O) groups excluding carboxylic acids is 2. The zero-order valence-electron chi connectivity index (χ0n) is 14.3. The Hall–Kier alpha value is -2.14. The molecule has 24 heavy (non-hydrogen) atoms. The fourth-order valence-electron chi connectivity index (χ4n) is 2.71. The zero-order valence-corrected chi connectivity index (χ0v) is 14.3. The SMILES string of the molecule is COCCNC(=O)c1ccc(C(=O)NCCC2=CCCCC2)cc1. The summed E-state index contributed by atoms with van der Waals surface area (Å²) in [6, 6.07) is 6.70. The van der Waals surface area contributed by atoms with Gasteiger partial charge in [-0.3, -0.25) is 9.59 Å². The topological polar surface area (TPSA) is 67.4 Å². The van der Waals surface area contributed by atoms with Gasteiger partial charge in [-0.2, -0.15) is 0 Å². The van der Waals surface area contributed by atoms with Crippen LogP contribution in [-0.2, 0) is 4.74 Å². The van der Waals surface area contributed by atoms with Crippen LogP contribution >= 0.6 is 0 Å². The minimum Gasteiger partial charge on any atom is -0.383 e. The van der Waals surface area contributed by atoms with Crippen LogP contribution in [0.15, 0.2) is 35.9 Å². The number of allylic oxidation sites excluding steroid dienone is 1. The minimum absolute atomic E-state index is 0.0993. The van der Waals surface area contributed by atoms with E-state index in [1.165, 1.54) is 18.4 Å². The van der Waals surface area contributed by atoms with Gasteiger partial charge in [-0.05, 0) is 56.4 Å². The minimum atomic E-state index is -0.164. The molecule has 2 amide bonds. The zero-order chi connectivity index (χ0) is 17.2. The Morgan fingerprint density at radius 3 is 2.17 bits per heavy atom. The Morgan fingerprint density at radius 1 is 1.00 bits per heavy atom. The maximum atomic E-state index is 12.1. The van der Waals surface area contributed by atoms with Crippen LogP contribution < -0.4 is 10.6 Å². The number of benzene rings is 1. The maximum Gasteiger partial charge on any atom is 0.251 e. The summed E-state index contributed by atoms with van der Waals surface area (Å²) in [6.07, 6.45) is 8.08. The van der Waals surface area contributed by atoms with Gasteiger partial charge in [0.05, 0.1) is 6.61 Å². The summed E-state index contributed by atoms with van der Waals surface area (Å²) >= 11 is 0. The third kappa shape index (κ3) is 5.81. The first kappa shape index (κ1) is 18.2. The molecular formula is C19H26N2O3. The van der Waals surface area contributed by atoms with Crippen LogP contribution in [0.1, 0.15) is 52.8 Å². The van der Waals surface area contributed by atoms with Crippen LogP contribution in [0, 0.1) is 0 Å². The lowest BCUT2D eigenvalue weighted by atomic mass is 9.97. The lowest BCUT2D eigenvalue weighted by molar-refractivity contribution is 0.0931. The van der Waals surface area contributed by atoms with Gasteiger partial charge in [0.25, 0.3) is 11.8 Å². The fourth-order valence-corrected chi connectivity index (χ4v) is 2.71. The van der Waals surface area contributed by atoms with Crippen molar-refractivity contribution in [2.45, 2.75) is 32.1 Å². The monoisotopic (exact) mass is 330 g/mol. The fraction of sp³-hybridized carbons (Fsp3) is 0.474. The average molecular weight is 330 g/mol. The second kappa shape index (κ2) is 9.88. The molecule has 0 saturated heterocycles. The van der Waals surface area contributed by atoms with Crippen molar-refractivity contribution < 1.29 is 14.3 Å². The summed E-state index contributed by atoms with van der Waals surface area (Å²) in [5.74, 6) is -0.263. The molecule has 0 spiro atoms. The molecule has 5 heteroatoms. The van der Waals surface area contributed by atoms with Crippen LogP contribution in [0.25, 0.3) is 0 Å². The van der Waals surface area contributed by atoms with Crippen molar-refractivity contribution >= 4 is 11.8 Å². The van der Waals surface area contributed by atoms with E-state index in [1.807, 2.05) is 0 Å². The first-order valence-electron chi connectivity index (χ1n) is 8.54. The molecule has 0 fully saturated rings. The second-order valence-electron chi connectivity index (χ2n) is 5.94. The van der Waals surface area contributed by atoms with Gasteiger partial charge in [0, 0.05) is 31.3 Å². The highest BCUT2D eigenvalue weighted by Gasteiger charge is 2.09. The number of carbonyl (C=O) groups is 2. The Labute approximate surface area is 143 Å². The molecule has 130 valence electrons. The Morgan fingerprint density at radius 2 is 1.62 bits per heavy atom. The van der Waals surface area contributed by atoms with E-state index in [0.29, 0.717) is 30.8 Å². The quantitative estimate of drug-likeness (QED) is 0.569. The molecule has 2 rings (SSSR count). The Kier molecular flexibility index (Phi) is 7.49. The summed E-state index contributed by atoms with van der Waals surface area (Å²) in [5.41, 5.74) is 2.56. The second-order valence-corrected chi connectivity index (χ2v) is 5.94. The van der Waals surface area contributed by atoms with Crippen LogP contribution in [0.4, 0.5) is 0 Å². The Balaban J connectivity index is 1.78. The van der Waals surface area contributed by atoms with Crippen LogP contribution in [-0.4, -0.2) is 38.6 Å². The lowest BCUT2D eigenvalue weighted by Gasteiger charge is -2.13. The van der Waals surface area contributed by atoms with Crippen LogP contribution in [0.5, 0.6) is 0 Å². The van der Waals surface area contributed by atoms with Crippen molar-refractivity contribution in [3.05, 3.63) is 47.0 Å². The largest absolute Gasteiger partial charge is 0.383 e. The summed E-state index contributed by atoms with van der Waals surface area (Å²) < 4.78 is 4.89. The lowest BCUT2D eigenvalue weighted by Crippen LogP contribution is -2.27. The van der Waals surface area contributed by atoms with E-state index in [4.69, 9.17) is 4.74 Å². The summed E-state index contributed by atoms with van der Waals surface area (Å²) in [5, 5.41) is 5.69. The van der Waals surface area contributed by atoms with E-state index >= 15 is 0 Å². The molecule has 1 aromatic carbocycles. The van der Waals surface area contributed by atoms with Crippen molar-refractivity contribution in [1.29, 1.82) is 0 Å². The molecule has 1 aliphatic rings. The first-order chi connectivity index (χ1) is 11.7. The van der Waals surface area contributed by atoms with Crippen LogP contribution in [0.2, 0.25) is 0 Å². The Bertz CT molecular complexity index is 579. The molecule has 1 aliphatic carbocycles. The van der Waals surface area contributed by atoms with Crippen molar-refractivity contribution in [1.82, 2.24) is 10.6 Å². The molecule has 0 atom stereocenters. The number of hydrogen-bond donors (Lipinski definition) is 2. The third-order valence-electron chi connectivity index (χ3n) is 4.12. The summed E-state index contributed by atoms with van der Waals surface area (Å²) in [7, 11) is 1.59. The van der Waals surface area contributed by atoms with Crippen molar-refractivity contribution in [2.24, 2.45) is 0 Å². The molecule has 0 radical (unpaired) electrons. The average Bonchev–Trinajstić information content (AvgIpc) is 2.63. The molecule has 5 nitrogen and oxygen atoms in total. The highest BCUT2D eigenvalue weighted by Crippen LogP contribution is 2.19. The van der Waals surface area contributed by atoms with Gasteiger partial charge in [0.1, 0.15) is 0 Å².